The van der Waals surface area contributed by atoms with Crippen LogP contribution < -0.4 is 4.74 Å². The largest absolute Gasteiger partial charge is 0.492 e. The van der Waals surface area contributed by atoms with E-state index in [2.05, 4.69) is 15.9 Å². The molecule has 0 bridgehead atoms. The number of carbonyl (C=O) groups is 1. The lowest BCUT2D eigenvalue weighted by molar-refractivity contribution is -0.136. The molecule has 0 saturated carbocycles. The van der Waals surface area contributed by atoms with Crippen molar-refractivity contribution in [1.29, 1.82) is 0 Å². The number of halogens is 4. The molecule has 0 atom stereocenters. The fourth-order valence-corrected chi connectivity index (χ4v) is 1.67. The Kier molecular flexibility index (Phi) is 4.99. The zero-order valence-electron chi connectivity index (χ0n) is 8.76. The van der Waals surface area contributed by atoms with Crippen LogP contribution in [0.2, 0.25) is 0 Å². The van der Waals surface area contributed by atoms with E-state index in [9.17, 15) is 18.0 Å². The normalized spacial score (nSPS) is 11.3. The van der Waals surface area contributed by atoms with E-state index in [1.54, 1.807) is 12.1 Å². The summed E-state index contributed by atoms with van der Waals surface area (Å²) < 4.78 is 41.3. The molecular formula is C11H10BrF3O2. The number of benzene rings is 1. The van der Waals surface area contributed by atoms with E-state index in [0.717, 1.165) is 0 Å². The average Bonchev–Trinajstić information content (AvgIpc) is 2.24. The van der Waals surface area contributed by atoms with Crippen LogP contribution in [0.25, 0.3) is 0 Å². The van der Waals surface area contributed by atoms with Gasteiger partial charge in [-0.1, -0.05) is 0 Å². The Morgan fingerprint density at radius 2 is 2.06 bits per heavy atom. The van der Waals surface area contributed by atoms with Gasteiger partial charge in [-0.2, -0.15) is 13.2 Å². The number of carbonyl (C=O) groups excluding carboxylic acids is 1. The van der Waals surface area contributed by atoms with Crippen LogP contribution >= 0.6 is 15.9 Å². The Bertz CT molecular complexity index is 391. The molecule has 0 amide bonds. The molecular weight excluding hydrogens is 301 g/mol. The average molecular weight is 311 g/mol. The number of hydrogen-bond donors (Lipinski definition) is 0. The quantitative estimate of drug-likeness (QED) is 0.607. The molecule has 0 heterocycles. The van der Waals surface area contributed by atoms with E-state index in [0.29, 0.717) is 22.1 Å². The third-order valence-electron chi connectivity index (χ3n) is 1.95. The highest BCUT2D eigenvalue weighted by Gasteiger charge is 2.26. The van der Waals surface area contributed by atoms with Crippen LogP contribution in [0.4, 0.5) is 13.2 Å². The zero-order chi connectivity index (χ0) is 12.9. The van der Waals surface area contributed by atoms with Crippen molar-refractivity contribution in [3.8, 4) is 5.75 Å². The van der Waals surface area contributed by atoms with Crippen molar-refractivity contribution < 1.29 is 22.7 Å². The Morgan fingerprint density at radius 1 is 1.35 bits per heavy atom. The summed E-state index contributed by atoms with van der Waals surface area (Å²) in [6.07, 6.45) is -4.43. The molecule has 0 N–H and O–H groups in total. The predicted molar refractivity (Wildman–Crippen MR) is 60.3 cm³/mol. The number of rotatable bonds is 5. The summed E-state index contributed by atoms with van der Waals surface area (Å²) >= 11 is 3.17. The standard InChI is InChI=1S/C11H10BrF3O2/c12-9-6-8(7-16)2-3-10(9)17-5-1-4-11(13,14)15/h2-3,6-7H,1,4-5H2. The molecule has 6 heteroatoms. The van der Waals surface area contributed by atoms with E-state index in [1.807, 2.05) is 0 Å². The first-order valence-corrected chi connectivity index (χ1v) is 5.66. The topological polar surface area (TPSA) is 26.3 Å². The minimum absolute atomic E-state index is 0.0153. The smallest absolute Gasteiger partial charge is 0.389 e. The third-order valence-corrected chi connectivity index (χ3v) is 2.57. The van der Waals surface area contributed by atoms with Gasteiger partial charge in [-0.15, -0.1) is 0 Å². The van der Waals surface area contributed by atoms with E-state index in [4.69, 9.17) is 4.74 Å². The van der Waals surface area contributed by atoms with Crippen LogP contribution in [-0.4, -0.2) is 19.1 Å². The van der Waals surface area contributed by atoms with Gasteiger partial charge in [-0.05, 0) is 40.5 Å². The van der Waals surface area contributed by atoms with Crippen molar-refractivity contribution in [1.82, 2.24) is 0 Å². The maximum atomic E-state index is 11.9. The first kappa shape index (κ1) is 14.0. The third kappa shape index (κ3) is 5.21. The van der Waals surface area contributed by atoms with Gasteiger partial charge in [-0.25, -0.2) is 0 Å². The second-order valence-corrected chi connectivity index (χ2v) is 4.23. The van der Waals surface area contributed by atoms with Gasteiger partial charge in [0.2, 0.25) is 0 Å². The van der Waals surface area contributed by atoms with Gasteiger partial charge in [0.1, 0.15) is 12.0 Å². The van der Waals surface area contributed by atoms with Gasteiger partial charge in [0.05, 0.1) is 11.1 Å². The first-order chi connectivity index (χ1) is 7.92. The molecule has 2 nitrogen and oxygen atoms in total. The first-order valence-electron chi connectivity index (χ1n) is 4.86. The van der Waals surface area contributed by atoms with Crippen molar-refractivity contribution >= 4 is 22.2 Å². The maximum Gasteiger partial charge on any atom is 0.389 e. The van der Waals surface area contributed by atoms with Crippen molar-refractivity contribution in [2.45, 2.75) is 19.0 Å². The van der Waals surface area contributed by atoms with Gasteiger partial charge < -0.3 is 4.74 Å². The lowest BCUT2D eigenvalue weighted by atomic mass is 10.2. The van der Waals surface area contributed by atoms with Crippen molar-refractivity contribution in [3.63, 3.8) is 0 Å². The van der Waals surface area contributed by atoms with Gasteiger partial charge in [-0.3, -0.25) is 4.79 Å². The lowest BCUT2D eigenvalue weighted by Gasteiger charge is -2.09. The highest BCUT2D eigenvalue weighted by Crippen LogP contribution is 2.26. The number of ether oxygens (including phenoxy) is 1. The van der Waals surface area contributed by atoms with Crippen molar-refractivity contribution in [3.05, 3.63) is 28.2 Å². The van der Waals surface area contributed by atoms with Gasteiger partial charge >= 0.3 is 6.18 Å². The summed E-state index contributed by atoms with van der Waals surface area (Å²) in [6, 6.07) is 4.63. The number of aldehydes is 1. The maximum absolute atomic E-state index is 11.9. The van der Waals surface area contributed by atoms with E-state index >= 15 is 0 Å². The summed E-state index contributed by atoms with van der Waals surface area (Å²) in [5.74, 6) is 0.428. The molecule has 17 heavy (non-hydrogen) atoms. The molecule has 0 aliphatic heterocycles. The fraction of sp³-hybridized carbons (Fsp3) is 0.364. The zero-order valence-corrected chi connectivity index (χ0v) is 10.3. The Hall–Kier alpha value is -1.04. The minimum Gasteiger partial charge on any atom is -0.492 e. The number of hydrogen-bond acceptors (Lipinski definition) is 2. The van der Waals surface area contributed by atoms with Crippen LogP contribution in [0.3, 0.4) is 0 Å². The van der Waals surface area contributed by atoms with Crippen LogP contribution in [0.5, 0.6) is 5.75 Å². The molecule has 0 aromatic heterocycles. The van der Waals surface area contributed by atoms with E-state index in [1.165, 1.54) is 6.07 Å². The molecule has 94 valence electrons. The summed E-state index contributed by atoms with van der Waals surface area (Å²) in [4.78, 5) is 10.5. The monoisotopic (exact) mass is 310 g/mol. The van der Waals surface area contributed by atoms with E-state index in [-0.39, 0.29) is 13.0 Å². The molecule has 0 aliphatic carbocycles. The van der Waals surface area contributed by atoms with Crippen LogP contribution in [0.15, 0.2) is 22.7 Å². The molecule has 0 unspecified atom stereocenters. The second-order valence-electron chi connectivity index (χ2n) is 3.37. The Balaban J connectivity index is 2.44. The van der Waals surface area contributed by atoms with Crippen LogP contribution in [-0.2, 0) is 0 Å². The van der Waals surface area contributed by atoms with Crippen LogP contribution in [0, 0.1) is 0 Å². The molecule has 1 aromatic carbocycles. The van der Waals surface area contributed by atoms with Gasteiger partial charge in [0.15, 0.2) is 0 Å². The molecule has 0 fully saturated rings. The highest BCUT2D eigenvalue weighted by atomic mass is 79.9. The number of alkyl halides is 3. The summed E-state index contributed by atoms with van der Waals surface area (Å²) in [7, 11) is 0. The Labute approximate surface area is 105 Å². The van der Waals surface area contributed by atoms with Crippen molar-refractivity contribution in [2.24, 2.45) is 0 Å². The SMILES string of the molecule is O=Cc1ccc(OCCCC(F)(F)F)c(Br)c1. The molecule has 1 rings (SSSR count). The Morgan fingerprint density at radius 3 is 2.59 bits per heavy atom. The molecule has 0 aliphatic rings. The molecule has 0 radical (unpaired) electrons. The fourth-order valence-electron chi connectivity index (χ4n) is 1.16. The predicted octanol–water partition coefficient (Wildman–Crippen LogP) is 3.98. The van der Waals surface area contributed by atoms with E-state index < -0.39 is 12.6 Å². The molecule has 0 spiro atoms. The summed E-state index contributed by atoms with van der Waals surface area (Å²) in [6.45, 7) is -0.0153. The van der Waals surface area contributed by atoms with Crippen molar-refractivity contribution in [2.75, 3.05) is 6.61 Å². The van der Waals surface area contributed by atoms with Gasteiger partial charge in [0, 0.05) is 12.0 Å². The van der Waals surface area contributed by atoms with Gasteiger partial charge in [0.25, 0.3) is 0 Å². The molecule has 1 aromatic rings. The lowest BCUT2D eigenvalue weighted by Crippen LogP contribution is -2.09. The minimum atomic E-state index is -4.15. The second kappa shape index (κ2) is 6.05. The van der Waals surface area contributed by atoms with Crippen LogP contribution in [0.1, 0.15) is 23.2 Å². The summed E-state index contributed by atoms with van der Waals surface area (Å²) in [5.41, 5.74) is 0.472. The highest BCUT2D eigenvalue weighted by molar-refractivity contribution is 9.10. The molecule has 0 saturated heterocycles. The summed E-state index contributed by atoms with van der Waals surface area (Å²) in [5, 5.41) is 0.